The number of fused-ring (bicyclic) bond motifs is 2. The Kier molecular flexibility index (Phi) is 3.73. The van der Waals surface area contributed by atoms with Gasteiger partial charge in [-0.25, -0.2) is 14.4 Å². The minimum Gasteiger partial charge on any atom is -0.296 e. The number of hydrogen-bond donors (Lipinski definition) is 1. The van der Waals surface area contributed by atoms with Crippen LogP contribution in [0.3, 0.4) is 0 Å². The lowest BCUT2D eigenvalue weighted by Crippen LogP contribution is -2.13. The fourth-order valence-electron chi connectivity index (χ4n) is 2.79. The standard InChI is InChI=1S/C19H11FN4OS2/c20-12-7-5-11(6-8-12)14-9-24-15(10-26-19(24)22-14)17(25)23-18-21-13-3-1-2-4-16(13)27-18/h1-10H,(H,21,23,25). The molecule has 0 radical (unpaired) electrons. The van der Waals surface area contributed by atoms with E-state index in [2.05, 4.69) is 15.3 Å². The predicted octanol–water partition coefficient (Wildman–Crippen LogP) is 5.06. The third-order valence-electron chi connectivity index (χ3n) is 4.10. The molecule has 0 bridgehead atoms. The van der Waals surface area contributed by atoms with Crippen LogP contribution in [0.15, 0.2) is 60.1 Å². The molecule has 0 aliphatic carbocycles. The molecule has 5 aromatic rings. The molecule has 0 saturated heterocycles. The van der Waals surface area contributed by atoms with Crippen molar-refractivity contribution in [1.82, 2.24) is 14.4 Å². The number of halogens is 1. The first-order chi connectivity index (χ1) is 13.2. The van der Waals surface area contributed by atoms with Gasteiger partial charge in [0.1, 0.15) is 11.5 Å². The molecule has 8 heteroatoms. The van der Waals surface area contributed by atoms with Gasteiger partial charge in [-0.1, -0.05) is 23.5 Å². The monoisotopic (exact) mass is 394 g/mol. The molecule has 2 aromatic carbocycles. The van der Waals surface area contributed by atoms with Crippen molar-refractivity contribution < 1.29 is 9.18 Å². The van der Waals surface area contributed by atoms with Gasteiger partial charge in [-0.3, -0.25) is 14.5 Å². The van der Waals surface area contributed by atoms with Gasteiger partial charge in [-0.05, 0) is 36.4 Å². The van der Waals surface area contributed by atoms with E-state index in [1.165, 1.54) is 34.8 Å². The van der Waals surface area contributed by atoms with Crippen molar-refractivity contribution in [1.29, 1.82) is 0 Å². The summed E-state index contributed by atoms with van der Waals surface area (Å²) >= 11 is 2.81. The number of hydrogen-bond acceptors (Lipinski definition) is 5. The number of nitrogens with one attached hydrogen (secondary N) is 1. The number of carbonyl (C=O) groups is 1. The molecular formula is C19H11FN4OS2. The van der Waals surface area contributed by atoms with Crippen LogP contribution in [0.1, 0.15) is 10.5 Å². The van der Waals surface area contributed by atoms with E-state index in [1.807, 2.05) is 24.3 Å². The zero-order valence-electron chi connectivity index (χ0n) is 13.7. The Hall–Kier alpha value is -3.10. The van der Waals surface area contributed by atoms with Crippen molar-refractivity contribution in [3.8, 4) is 11.3 Å². The molecular weight excluding hydrogens is 383 g/mol. The molecule has 3 aromatic heterocycles. The first kappa shape index (κ1) is 16.1. The van der Waals surface area contributed by atoms with E-state index in [-0.39, 0.29) is 11.7 Å². The van der Waals surface area contributed by atoms with Crippen molar-refractivity contribution in [2.75, 3.05) is 5.32 Å². The third kappa shape index (κ3) is 2.88. The van der Waals surface area contributed by atoms with Crippen LogP contribution in [-0.2, 0) is 0 Å². The largest absolute Gasteiger partial charge is 0.296 e. The molecule has 0 aliphatic heterocycles. The number of nitrogens with zero attached hydrogens (tertiary/aromatic N) is 3. The van der Waals surface area contributed by atoms with Crippen LogP contribution in [0.4, 0.5) is 9.52 Å². The van der Waals surface area contributed by atoms with Gasteiger partial charge in [0.25, 0.3) is 5.91 Å². The topological polar surface area (TPSA) is 59.3 Å². The molecule has 0 fully saturated rings. The minimum atomic E-state index is -0.296. The fraction of sp³-hybridized carbons (Fsp3) is 0. The number of anilines is 1. The molecule has 5 rings (SSSR count). The van der Waals surface area contributed by atoms with Crippen LogP contribution >= 0.6 is 22.7 Å². The average molecular weight is 394 g/mol. The highest BCUT2D eigenvalue weighted by Gasteiger charge is 2.17. The maximum absolute atomic E-state index is 13.1. The third-order valence-corrected chi connectivity index (χ3v) is 5.89. The summed E-state index contributed by atoms with van der Waals surface area (Å²) in [6, 6.07) is 13.9. The highest BCUT2D eigenvalue weighted by Crippen LogP contribution is 2.27. The molecule has 0 aliphatic rings. The van der Waals surface area contributed by atoms with Crippen LogP contribution in [0, 0.1) is 5.82 Å². The number of rotatable bonds is 3. The second-order valence-corrected chi connectivity index (χ2v) is 7.71. The van der Waals surface area contributed by atoms with Crippen molar-refractivity contribution >= 4 is 48.9 Å². The molecule has 0 unspecified atom stereocenters. The Labute approximate surface area is 160 Å². The van der Waals surface area contributed by atoms with Gasteiger partial charge in [0, 0.05) is 17.1 Å². The van der Waals surface area contributed by atoms with Gasteiger partial charge < -0.3 is 0 Å². The van der Waals surface area contributed by atoms with Crippen LogP contribution < -0.4 is 5.32 Å². The van der Waals surface area contributed by atoms with E-state index < -0.39 is 0 Å². The molecule has 27 heavy (non-hydrogen) atoms. The Morgan fingerprint density at radius 3 is 2.70 bits per heavy atom. The van der Waals surface area contributed by atoms with Crippen molar-refractivity contribution in [3.05, 3.63) is 71.6 Å². The molecule has 132 valence electrons. The highest BCUT2D eigenvalue weighted by atomic mass is 32.1. The van der Waals surface area contributed by atoms with Gasteiger partial charge >= 0.3 is 0 Å². The Balaban J connectivity index is 1.47. The predicted molar refractivity (Wildman–Crippen MR) is 106 cm³/mol. The summed E-state index contributed by atoms with van der Waals surface area (Å²) in [6.07, 6.45) is 1.78. The quantitative estimate of drug-likeness (QED) is 0.465. The van der Waals surface area contributed by atoms with Gasteiger partial charge in [0.15, 0.2) is 10.1 Å². The van der Waals surface area contributed by atoms with Gasteiger partial charge in [0.05, 0.1) is 15.9 Å². The second-order valence-electron chi connectivity index (χ2n) is 5.85. The van der Waals surface area contributed by atoms with Gasteiger partial charge in [-0.2, -0.15) is 0 Å². The second kappa shape index (κ2) is 6.26. The first-order valence-corrected chi connectivity index (χ1v) is 9.76. The van der Waals surface area contributed by atoms with Crippen molar-refractivity contribution in [2.24, 2.45) is 0 Å². The lowest BCUT2D eigenvalue weighted by molar-refractivity contribution is 0.102. The van der Waals surface area contributed by atoms with E-state index >= 15 is 0 Å². The SMILES string of the molecule is O=C(Nc1nc2ccccc2s1)c1csc2nc(-c3ccc(F)cc3)cn12. The average Bonchev–Trinajstić information content (AvgIpc) is 3.35. The Morgan fingerprint density at radius 2 is 1.89 bits per heavy atom. The Morgan fingerprint density at radius 1 is 1.07 bits per heavy atom. The summed E-state index contributed by atoms with van der Waals surface area (Å²) in [5.74, 6) is -0.543. The van der Waals surface area contributed by atoms with Gasteiger partial charge in [0.2, 0.25) is 0 Å². The number of carbonyl (C=O) groups excluding carboxylic acids is 1. The Bertz CT molecular complexity index is 1250. The number of benzene rings is 2. The first-order valence-electron chi connectivity index (χ1n) is 8.07. The van der Waals surface area contributed by atoms with E-state index in [4.69, 9.17) is 0 Å². The van der Waals surface area contributed by atoms with Crippen molar-refractivity contribution in [3.63, 3.8) is 0 Å². The number of amides is 1. The molecule has 0 saturated carbocycles. The van der Waals surface area contributed by atoms with E-state index in [9.17, 15) is 9.18 Å². The lowest BCUT2D eigenvalue weighted by Gasteiger charge is -2.00. The summed E-state index contributed by atoms with van der Waals surface area (Å²) in [5.41, 5.74) is 2.82. The summed E-state index contributed by atoms with van der Waals surface area (Å²) in [5, 5.41) is 5.18. The zero-order chi connectivity index (χ0) is 18.4. The van der Waals surface area contributed by atoms with E-state index in [0.29, 0.717) is 21.5 Å². The number of aromatic nitrogens is 3. The summed E-state index contributed by atoms with van der Waals surface area (Å²) in [7, 11) is 0. The minimum absolute atomic E-state index is 0.247. The maximum Gasteiger partial charge on any atom is 0.275 e. The zero-order valence-corrected chi connectivity index (χ0v) is 15.4. The van der Waals surface area contributed by atoms with Crippen LogP contribution in [0.2, 0.25) is 0 Å². The van der Waals surface area contributed by atoms with E-state index in [0.717, 1.165) is 15.8 Å². The fourth-order valence-corrected chi connectivity index (χ4v) is 4.51. The normalized spacial score (nSPS) is 11.3. The summed E-state index contributed by atoms with van der Waals surface area (Å²) < 4.78 is 15.9. The van der Waals surface area contributed by atoms with Gasteiger partial charge in [-0.15, -0.1) is 11.3 Å². The molecule has 3 heterocycles. The molecule has 1 N–H and O–H groups in total. The highest BCUT2D eigenvalue weighted by molar-refractivity contribution is 7.22. The van der Waals surface area contributed by atoms with Crippen molar-refractivity contribution in [2.45, 2.75) is 0 Å². The van der Waals surface area contributed by atoms with E-state index in [1.54, 1.807) is 28.1 Å². The van der Waals surface area contributed by atoms with Crippen LogP contribution in [0.25, 0.3) is 26.4 Å². The molecule has 1 amide bonds. The molecule has 0 spiro atoms. The lowest BCUT2D eigenvalue weighted by atomic mass is 10.2. The maximum atomic E-state index is 13.1. The summed E-state index contributed by atoms with van der Waals surface area (Å²) in [6.45, 7) is 0. The van der Waals surface area contributed by atoms with Crippen LogP contribution in [0.5, 0.6) is 0 Å². The van der Waals surface area contributed by atoms with Crippen LogP contribution in [-0.4, -0.2) is 20.3 Å². The molecule has 5 nitrogen and oxygen atoms in total. The number of thiazole rings is 2. The smallest absolute Gasteiger partial charge is 0.275 e. The summed E-state index contributed by atoms with van der Waals surface area (Å²) in [4.78, 5) is 22.4. The number of imidazole rings is 1. The number of para-hydroxylation sites is 1. The molecule has 0 atom stereocenters.